The third-order valence-corrected chi connectivity index (χ3v) is 5.73. The number of hydrogen-bond donors (Lipinski definition) is 0. The topological polar surface area (TPSA) is 0 Å². The van der Waals surface area contributed by atoms with Gasteiger partial charge in [-0.2, -0.15) is 48.7 Å². The zero-order valence-corrected chi connectivity index (χ0v) is 34.7. The third-order valence-electron chi connectivity index (χ3n) is 5.73. The quantitative estimate of drug-likeness (QED) is 0.284. The predicted molar refractivity (Wildman–Crippen MR) is 125 cm³/mol. The first kappa shape index (κ1) is 34.5. The van der Waals surface area contributed by atoms with E-state index < -0.39 is 0 Å². The molecule has 0 saturated heterocycles. The van der Waals surface area contributed by atoms with Crippen LogP contribution in [0, 0.1) is 18.4 Å². The minimum atomic E-state index is 0. The summed E-state index contributed by atoms with van der Waals surface area (Å²) in [5.41, 5.74) is 7.00. The molecule has 1 saturated carbocycles. The van der Waals surface area contributed by atoms with Crippen molar-refractivity contribution < 1.29 is 65.4 Å². The molecule has 0 N–H and O–H groups in total. The molecule has 4 rings (SSSR count). The predicted octanol–water partition coefficient (Wildman–Crippen LogP) is 5.84. The zero-order chi connectivity index (χ0) is 18.3. The van der Waals surface area contributed by atoms with Gasteiger partial charge in [0.05, 0.1) is 0 Å². The van der Waals surface area contributed by atoms with Gasteiger partial charge in [-0.15, -0.1) is 0 Å². The van der Waals surface area contributed by atoms with Crippen LogP contribution in [0.1, 0.15) is 53.5 Å². The Morgan fingerprint density at radius 1 is 0.613 bits per heavy atom. The molecule has 0 aliphatic heterocycles. The second-order valence-corrected chi connectivity index (χ2v) is 7.91. The molecule has 4 heteroatoms. The van der Waals surface area contributed by atoms with Crippen LogP contribution in [0.5, 0.6) is 0 Å². The fraction of sp³-hybridized carbons (Fsp3) is 0.296. The average molecular weight is 701 g/mol. The minimum Gasteiger partial charge on any atom is -0.328 e. The summed E-state index contributed by atoms with van der Waals surface area (Å²) >= 11 is 0. The first-order valence-electron chi connectivity index (χ1n) is 10.3. The standard InChI is InChI=1S/C27H28.2Rb.2Y/c1-3-7-22(8-4-1)19-24-11-15-26(16-12-24)21-27-17-13-25(14-18-27)20-23-9-5-2-6-10-23;;;;/h1,5-6,9-18,22H,3-4,7-8,19-21H2;;;;/q-2;;;;. The van der Waals surface area contributed by atoms with Crippen molar-refractivity contribution in [1.29, 1.82) is 0 Å². The van der Waals surface area contributed by atoms with E-state index in [1.807, 2.05) is 12.1 Å². The van der Waals surface area contributed by atoms with Gasteiger partial charge >= 0.3 is 0 Å². The maximum Gasteiger partial charge on any atom is 0 e. The summed E-state index contributed by atoms with van der Waals surface area (Å²) in [4.78, 5) is 0. The Labute approximate surface area is 337 Å². The molecule has 1 aliphatic carbocycles. The average Bonchev–Trinajstić information content (AvgIpc) is 2.73. The summed E-state index contributed by atoms with van der Waals surface area (Å²) in [6, 6.07) is 29.7. The van der Waals surface area contributed by atoms with E-state index in [1.165, 1.54) is 59.9 Å². The van der Waals surface area contributed by atoms with Gasteiger partial charge in [-0.3, -0.25) is 0 Å². The van der Waals surface area contributed by atoms with Gasteiger partial charge in [-0.05, 0) is 47.4 Å². The molecule has 146 valence electrons. The van der Waals surface area contributed by atoms with Crippen molar-refractivity contribution in [3.63, 3.8) is 0 Å². The molecule has 1 aliphatic rings. The fourth-order valence-corrected chi connectivity index (χ4v) is 4.11. The van der Waals surface area contributed by atoms with E-state index >= 15 is 0 Å². The van der Waals surface area contributed by atoms with E-state index in [2.05, 4.69) is 73.2 Å². The van der Waals surface area contributed by atoms with Gasteiger partial charge in [0.15, 0.2) is 0 Å². The Morgan fingerprint density at radius 2 is 1.00 bits per heavy atom. The fourth-order valence-electron chi connectivity index (χ4n) is 4.11. The molecule has 0 spiro atoms. The number of benzene rings is 3. The van der Waals surface area contributed by atoms with Crippen LogP contribution in [-0.4, -0.2) is 116 Å². The van der Waals surface area contributed by atoms with Crippen molar-refractivity contribution in [2.24, 2.45) is 5.92 Å². The summed E-state index contributed by atoms with van der Waals surface area (Å²) in [5, 5.41) is 0. The smallest absolute Gasteiger partial charge is 0 e. The van der Waals surface area contributed by atoms with Crippen molar-refractivity contribution in [2.75, 3.05) is 0 Å². The monoisotopic (exact) mass is 700 g/mol. The summed E-state index contributed by atoms with van der Waals surface area (Å²) in [5.74, 6) is 0.885. The Balaban J connectivity index is 0.00000225. The summed E-state index contributed by atoms with van der Waals surface area (Å²) in [6.45, 7) is 0. The van der Waals surface area contributed by atoms with Crippen molar-refractivity contribution in [2.45, 2.75) is 44.9 Å². The molecule has 4 radical (unpaired) electrons. The van der Waals surface area contributed by atoms with Crippen LogP contribution in [0.2, 0.25) is 0 Å². The Bertz CT molecular complexity index is 827. The van der Waals surface area contributed by atoms with Crippen molar-refractivity contribution in [3.05, 3.63) is 113 Å². The van der Waals surface area contributed by atoms with E-state index in [9.17, 15) is 0 Å². The number of rotatable bonds is 6. The Hall–Kier alpha value is 3.48. The second-order valence-electron chi connectivity index (χ2n) is 7.91. The molecule has 0 aromatic heterocycles. The van der Waals surface area contributed by atoms with Crippen LogP contribution in [-0.2, 0) is 84.7 Å². The molecule has 3 aromatic rings. The maximum atomic E-state index is 3.08. The van der Waals surface area contributed by atoms with Crippen LogP contribution in [0.4, 0.5) is 0 Å². The maximum absolute atomic E-state index is 3.08. The summed E-state index contributed by atoms with van der Waals surface area (Å²) in [7, 11) is 0. The molecule has 0 nitrogen and oxygen atoms in total. The molecule has 0 amide bonds. The van der Waals surface area contributed by atoms with Gasteiger partial charge in [-0.1, -0.05) is 61.4 Å². The van der Waals surface area contributed by atoms with Crippen molar-refractivity contribution in [1.82, 2.24) is 0 Å². The van der Waals surface area contributed by atoms with Crippen LogP contribution < -0.4 is 0 Å². The molecule has 3 aromatic carbocycles. The molecule has 31 heavy (non-hydrogen) atoms. The Morgan fingerprint density at radius 3 is 1.45 bits per heavy atom. The minimum absolute atomic E-state index is 0. The third kappa shape index (κ3) is 12.5. The van der Waals surface area contributed by atoms with Gasteiger partial charge in [0, 0.05) is 182 Å². The normalized spacial score (nSPS) is 13.0. The molecule has 0 bridgehead atoms. The molecule has 0 atom stereocenters. The molecular weight excluding hydrogens is 673 g/mol. The van der Waals surface area contributed by atoms with Gasteiger partial charge in [0.25, 0.3) is 0 Å². The van der Waals surface area contributed by atoms with Gasteiger partial charge < -0.3 is 6.42 Å². The van der Waals surface area contributed by atoms with Crippen LogP contribution in [0.25, 0.3) is 0 Å². The van der Waals surface area contributed by atoms with Gasteiger partial charge in [0.2, 0.25) is 0 Å². The van der Waals surface area contributed by atoms with E-state index in [4.69, 9.17) is 0 Å². The second kappa shape index (κ2) is 19.6. The van der Waals surface area contributed by atoms with Crippen LogP contribution >= 0.6 is 0 Å². The first-order valence-corrected chi connectivity index (χ1v) is 10.3. The van der Waals surface area contributed by atoms with Crippen molar-refractivity contribution >= 4 is 116 Å². The molecular formula is C27H28Rb2Y2-2. The van der Waals surface area contributed by atoms with Crippen LogP contribution in [0.3, 0.4) is 0 Å². The van der Waals surface area contributed by atoms with Crippen molar-refractivity contribution in [3.8, 4) is 0 Å². The largest absolute Gasteiger partial charge is 0.328 e. The first-order chi connectivity index (χ1) is 13.3. The van der Waals surface area contributed by atoms with E-state index in [0.29, 0.717) is 0 Å². The van der Waals surface area contributed by atoms with E-state index in [-0.39, 0.29) is 182 Å². The molecule has 1 fully saturated rings. The van der Waals surface area contributed by atoms with Crippen LogP contribution in [0.15, 0.2) is 72.8 Å². The van der Waals surface area contributed by atoms with E-state index in [0.717, 1.165) is 18.8 Å². The van der Waals surface area contributed by atoms with Gasteiger partial charge in [-0.25, -0.2) is 0 Å². The van der Waals surface area contributed by atoms with E-state index in [1.54, 1.807) is 0 Å². The SMILES string of the molecule is [Rb].[Rb].[Y].[Y].[c-]1ccc(Cc2ccc(Cc3ccc(CC4CC[CH-]CC4)cc3)cc2)cc1. The molecule has 0 heterocycles. The summed E-state index contributed by atoms with van der Waals surface area (Å²) < 4.78 is 0. The number of hydrogen-bond acceptors (Lipinski definition) is 0. The molecule has 0 unspecified atom stereocenters. The zero-order valence-electron chi connectivity index (χ0n) is 19.2. The Kier molecular flexibility index (Phi) is 21.8. The van der Waals surface area contributed by atoms with Gasteiger partial charge in [0.1, 0.15) is 0 Å². The summed E-state index contributed by atoms with van der Waals surface area (Å²) in [6.07, 6.45) is 11.1.